The maximum absolute atomic E-state index is 6.02. The quantitative estimate of drug-likeness (QED) is 0.851. The molecule has 0 saturated carbocycles. The summed E-state index contributed by atoms with van der Waals surface area (Å²) < 4.78 is 2.06. The van der Waals surface area contributed by atoms with Crippen molar-refractivity contribution in [2.24, 2.45) is 0 Å². The molecule has 90 valence electrons. The van der Waals surface area contributed by atoms with E-state index in [2.05, 4.69) is 21.3 Å². The zero-order valence-electron chi connectivity index (χ0n) is 10.1. The number of fused-ring (bicyclic) bond motifs is 1. The summed E-state index contributed by atoms with van der Waals surface area (Å²) in [7, 11) is 2.19. The van der Waals surface area contributed by atoms with Gasteiger partial charge in [0.05, 0.1) is 11.7 Å². The summed E-state index contributed by atoms with van der Waals surface area (Å²) in [6.07, 6.45) is 5.44. The maximum atomic E-state index is 6.02. The van der Waals surface area contributed by atoms with Crippen molar-refractivity contribution in [2.45, 2.75) is 25.3 Å². The van der Waals surface area contributed by atoms with Crippen LogP contribution in [0.4, 0.5) is 5.82 Å². The number of hydrogen-bond donors (Lipinski definition) is 1. The van der Waals surface area contributed by atoms with Crippen LogP contribution in [0.15, 0.2) is 24.4 Å². The zero-order chi connectivity index (χ0) is 11.8. The lowest BCUT2D eigenvalue weighted by atomic mass is 10.1. The first-order valence-electron chi connectivity index (χ1n) is 6.17. The Morgan fingerprint density at radius 2 is 2.35 bits per heavy atom. The molecule has 0 spiro atoms. The summed E-state index contributed by atoms with van der Waals surface area (Å²) in [5.41, 5.74) is 7.10. The number of rotatable bonds is 2. The average molecular weight is 230 g/mol. The minimum Gasteiger partial charge on any atom is -0.385 e. The Bertz CT molecular complexity index is 531. The van der Waals surface area contributed by atoms with E-state index in [4.69, 9.17) is 5.73 Å². The topological polar surface area (TPSA) is 46.6 Å². The molecule has 2 aromatic rings. The highest BCUT2D eigenvalue weighted by Gasteiger charge is 2.22. The molecule has 4 nitrogen and oxygen atoms in total. The Hall–Kier alpha value is -1.55. The number of nitrogen functional groups attached to an aromatic ring is 1. The molecule has 1 fully saturated rings. The number of aromatic nitrogens is 2. The lowest BCUT2D eigenvalue weighted by molar-refractivity contribution is 0.305. The van der Waals surface area contributed by atoms with Crippen LogP contribution in [0.1, 0.15) is 18.7 Å². The normalized spacial score (nSPS) is 21.4. The third-order valence-corrected chi connectivity index (χ3v) is 3.74. The summed E-state index contributed by atoms with van der Waals surface area (Å²) in [6.45, 7) is 1.20. The molecule has 4 heteroatoms. The number of likely N-dealkylation sites (tertiary alicyclic amines) is 1. The molecule has 3 heterocycles. The van der Waals surface area contributed by atoms with E-state index in [0.29, 0.717) is 6.04 Å². The largest absolute Gasteiger partial charge is 0.385 e. The van der Waals surface area contributed by atoms with E-state index in [1.54, 1.807) is 0 Å². The highest BCUT2D eigenvalue weighted by molar-refractivity contribution is 5.53. The van der Waals surface area contributed by atoms with Crippen LogP contribution in [0.5, 0.6) is 0 Å². The van der Waals surface area contributed by atoms with E-state index in [1.165, 1.54) is 19.4 Å². The van der Waals surface area contributed by atoms with Gasteiger partial charge >= 0.3 is 0 Å². The van der Waals surface area contributed by atoms with Gasteiger partial charge in [0.2, 0.25) is 0 Å². The van der Waals surface area contributed by atoms with Gasteiger partial charge in [0.15, 0.2) is 0 Å². The van der Waals surface area contributed by atoms with E-state index in [9.17, 15) is 0 Å². The van der Waals surface area contributed by atoms with E-state index < -0.39 is 0 Å². The molecule has 3 rings (SSSR count). The first kappa shape index (κ1) is 10.6. The van der Waals surface area contributed by atoms with Crippen LogP contribution >= 0.6 is 0 Å². The van der Waals surface area contributed by atoms with Gasteiger partial charge in [0, 0.05) is 12.5 Å². The van der Waals surface area contributed by atoms with Gasteiger partial charge in [0.25, 0.3) is 0 Å². The lowest BCUT2D eigenvalue weighted by Crippen LogP contribution is -2.27. The van der Waals surface area contributed by atoms with Crippen LogP contribution in [0.2, 0.25) is 0 Å². The van der Waals surface area contributed by atoms with Gasteiger partial charge < -0.3 is 10.6 Å². The SMILES string of the molecule is CN1CCCC1Cc1ncc2cccc(N)n12. The van der Waals surface area contributed by atoms with Crippen molar-refractivity contribution in [3.05, 3.63) is 30.2 Å². The standard InChI is InChI=1S/C13H18N4/c1-16-7-3-5-10(16)8-13-15-9-11-4-2-6-12(14)17(11)13/h2,4,6,9-10H,3,5,7-8,14H2,1H3. The van der Waals surface area contributed by atoms with E-state index in [0.717, 1.165) is 23.6 Å². The Morgan fingerprint density at radius 3 is 3.12 bits per heavy atom. The zero-order valence-corrected chi connectivity index (χ0v) is 10.1. The minimum absolute atomic E-state index is 0.611. The molecule has 0 aromatic carbocycles. The molecule has 1 aliphatic rings. The van der Waals surface area contributed by atoms with Crippen molar-refractivity contribution in [2.75, 3.05) is 19.3 Å². The number of hydrogen-bond acceptors (Lipinski definition) is 3. The molecule has 17 heavy (non-hydrogen) atoms. The molecule has 2 aromatic heterocycles. The first-order valence-corrected chi connectivity index (χ1v) is 6.17. The smallest absolute Gasteiger partial charge is 0.116 e. The Morgan fingerprint density at radius 1 is 1.47 bits per heavy atom. The number of pyridine rings is 1. The second-order valence-corrected chi connectivity index (χ2v) is 4.87. The number of nitrogens with zero attached hydrogens (tertiary/aromatic N) is 3. The number of imidazole rings is 1. The van der Waals surface area contributed by atoms with E-state index >= 15 is 0 Å². The molecule has 2 N–H and O–H groups in total. The highest BCUT2D eigenvalue weighted by atomic mass is 15.2. The summed E-state index contributed by atoms with van der Waals surface area (Å²) in [6, 6.07) is 6.56. The van der Waals surface area contributed by atoms with Gasteiger partial charge in [-0.3, -0.25) is 4.40 Å². The Balaban J connectivity index is 1.95. The van der Waals surface area contributed by atoms with Crippen molar-refractivity contribution in [1.29, 1.82) is 0 Å². The van der Waals surface area contributed by atoms with Crippen molar-refractivity contribution in [3.8, 4) is 0 Å². The summed E-state index contributed by atoms with van der Waals surface area (Å²) in [5, 5.41) is 0. The van der Waals surface area contributed by atoms with Gasteiger partial charge in [-0.2, -0.15) is 0 Å². The second-order valence-electron chi connectivity index (χ2n) is 4.87. The van der Waals surface area contributed by atoms with Gasteiger partial charge in [-0.15, -0.1) is 0 Å². The molecular formula is C13H18N4. The third kappa shape index (κ3) is 1.78. The number of anilines is 1. The van der Waals surface area contributed by atoms with Crippen molar-refractivity contribution in [1.82, 2.24) is 14.3 Å². The van der Waals surface area contributed by atoms with Crippen LogP contribution < -0.4 is 5.73 Å². The maximum Gasteiger partial charge on any atom is 0.116 e. The molecule has 1 atom stereocenters. The molecule has 1 aliphatic heterocycles. The van der Waals surface area contributed by atoms with Crippen LogP contribution in [0.3, 0.4) is 0 Å². The lowest BCUT2D eigenvalue weighted by Gasteiger charge is -2.18. The van der Waals surface area contributed by atoms with Gasteiger partial charge in [0.1, 0.15) is 11.6 Å². The van der Waals surface area contributed by atoms with E-state index in [1.807, 2.05) is 24.4 Å². The molecule has 1 saturated heterocycles. The number of nitrogens with two attached hydrogens (primary N) is 1. The molecular weight excluding hydrogens is 212 g/mol. The fraction of sp³-hybridized carbons (Fsp3) is 0.462. The molecule has 0 radical (unpaired) electrons. The Labute approximate surface area is 101 Å². The van der Waals surface area contributed by atoms with Crippen molar-refractivity contribution >= 4 is 11.3 Å². The predicted molar refractivity (Wildman–Crippen MR) is 69.0 cm³/mol. The van der Waals surface area contributed by atoms with Crippen LogP contribution in [0.25, 0.3) is 5.52 Å². The van der Waals surface area contributed by atoms with Gasteiger partial charge in [-0.1, -0.05) is 6.07 Å². The molecule has 0 amide bonds. The average Bonchev–Trinajstić information content (AvgIpc) is 2.89. The third-order valence-electron chi connectivity index (χ3n) is 3.74. The summed E-state index contributed by atoms with van der Waals surface area (Å²) in [4.78, 5) is 6.93. The summed E-state index contributed by atoms with van der Waals surface area (Å²) in [5.74, 6) is 1.85. The summed E-state index contributed by atoms with van der Waals surface area (Å²) >= 11 is 0. The Kier molecular flexibility index (Phi) is 2.52. The van der Waals surface area contributed by atoms with Crippen LogP contribution in [-0.4, -0.2) is 33.9 Å². The first-order chi connectivity index (χ1) is 8.25. The molecule has 1 unspecified atom stereocenters. The predicted octanol–water partition coefficient (Wildman–Crippen LogP) is 1.55. The second kappa shape index (κ2) is 4.04. The van der Waals surface area contributed by atoms with E-state index in [-0.39, 0.29) is 0 Å². The highest BCUT2D eigenvalue weighted by Crippen LogP contribution is 2.20. The van der Waals surface area contributed by atoms with Crippen LogP contribution in [0, 0.1) is 0 Å². The van der Waals surface area contributed by atoms with Crippen molar-refractivity contribution < 1.29 is 0 Å². The molecule has 0 bridgehead atoms. The van der Waals surface area contributed by atoms with Crippen molar-refractivity contribution in [3.63, 3.8) is 0 Å². The minimum atomic E-state index is 0.611. The fourth-order valence-electron chi connectivity index (χ4n) is 2.73. The fourth-order valence-corrected chi connectivity index (χ4v) is 2.73. The van der Waals surface area contributed by atoms with Gasteiger partial charge in [-0.05, 0) is 38.6 Å². The molecule has 0 aliphatic carbocycles. The number of likely N-dealkylation sites (N-methyl/N-ethyl adjacent to an activating group) is 1. The van der Waals surface area contributed by atoms with Crippen LogP contribution in [-0.2, 0) is 6.42 Å². The van der Waals surface area contributed by atoms with Gasteiger partial charge in [-0.25, -0.2) is 4.98 Å². The monoisotopic (exact) mass is 230 g/mol.